The maximum Gasteiger partial charge on any atom is 0.387 e. The molecule has 0 saturated carbocycles. The molecule has 1 aromatic rings. The van der Waals surface area contributed by atoms with E-state index in [9.17, 15) is 13.6 Å². The molecule has 0 unspecified atom stereocenters. The molecule has 0 radical (unpaired) electrons. The molecule has 3 nitrogen and oxygen atoms in total. The second-order valence-electron chi connectivity index (χ2n) is 3.08. The van der Waals surface area contributed by atoms with Crippen LogP contribution < -0.4 is 4.74 Å². The van der Waals surface area contributed by atoms with E-state index in [1.54, 1.807) is 6.92 Å². The van der Waals surface area contributed by atoms with Crippen molar-refractivity contribution in [3.63, 3.8) is 0 Å². The van der Waals surface area contributed by atoms with Gasteiger partial charge in [-0.05, 0) is 30.2 Å². The van der Waals surface area contributed by atoms with Crippen molar-refractivity contribution in [2.45, 2.75) is 19.4 Å². The molecule has 0 amide bonds. The van der Waals surface area contributed by atoms with Gasteiger partial charge in [0.2, 0.25) is 0 Å². The van der Waals surface area contributed by atoms with Gasteiger partial charge in [-0.15, -0.1) is 11.6 Å². The van der Waals surface area contributed by atoms with Gasteiger partial charge in [-0.1, -0.05) is 0 Å². The third-order valence-corrected chi connectivity index (χ3v) is 2.36. The molecule has 0 saturated heterocycles. The minimum Gasteiger partial charge on any atom is -0.478 e. The smallest absolute Gasteiger partial charge is 0.387 e. The van der Waals surface area contributed by atoms with Gasteiger partial charge in [0.25, 0.3) is 0 Å². The fraction of sp³-hybridized carbons (Fsp3) is 0.300. The van der Waals surface area contributed by atoms with E-state index in [2.05, 4.69) is 4.74 Å². The molecule has 16 heavy (non-hydrogen) atoms. The number of ether oxygens (including phenoxy) is 1. The average Bonchev–Trinajstić information content (AvgIpc) is 2.20. The lowest BCUT2D eigenvalue weighted by molar-refractivity contribution is -0.0504. The van der Waals surface area contributed by atoms with Crippen LogP contribution in [0.3, 0.4) is 0 Å². The van der Waals surface area contributed by atoms with E-state index in [4.69, 9.17) is 16.7 Å². The first-order valence-corrected chi connectivity index (χ1v) is 4.86. The molecule has 1 N–H and O–H groups in total. The second kappa shape index (κ2) is 5.12. The van der Waals surface area contributed by atoms with E-state index >= 15 is 0 Å². The molecule has 88 valence electrons. The first-order chi connectivity index (χ1) is 7.45. The topological polar surface area (TPSA) is 46.5 Å². The summed E-state index contributed by atoms with van der Waals surface area (Å²) in [6, 6.07) is 2.39. The Labute approximate surface area is 95.6 Å². The first kappa shape index (κ1) is 12.7. The summed E-state index contributed by atoms with van der Waals surface area (Å²) in [5.41, 5.74) is 0.745. The van der Waals surface area contributed by atoms with Crippen LogP contribution in [0.25, 0.3) is 0 Å². The van der Waals surface area contributed by atoms with Crippen LogP contribution in [-0.2, 0) is 5.88 Å². The van der Waals surface area contributed by atoms with Gasteiger partial charge < -0.3 is 9.84 Å². The number of aromatic carboxylic acids is 1. The lowest BCUT2D eigenvalue weighted by atomic mass is 10.0. The van der Waals surface area contributed by atoms with Crippen molar-refractivity contribution < 1.29 is 23.4 Å². The zero-order valence-corrected chi connectivity index (χ0v) is 9.09. The van der Waals surface area contributed by atoms with Gasteiger partial charge in [0.15, 0.2) is 0 Å². The Morgan fingerprint density at radius 2 is 2.19 bits per heavy atom. The predicted molar refractivity (Wildman–Crippen MR) is 54.3 cm³/mol. The molecule has 0 bridgehead atoms. The lowest BCUT2D eigenvalue weighted by Crippen LogP contribution is -2.07. The Bertz CT molecular complexity index is 407. The fourth-order valence-corrected chi connectivity index (χ4v) is 1.50. The molecule has 1 aromatic carbocycles. The highest BCUT2D eigenvalue weighted by Crippen LogP contribution is 2.26. The summed E-state index contributed by atoms with van der Waals surface area (Å²) in [5.74, 6) is -1.34. The largest absolute Gasteiger partial charge is 0.478 e. The minimum absolute atomic E-state index is 0.0343. The molecular formula is C10H9ClF2O3. The van der Waals surface area contributed by atoms with Crippen LogP contribution in [0.5, 0.6) is 5.75 Å². The highest BCUT2D eigenvalue weighted by atomic mass is 35.5. The maximum atomic E-state index is 12.1. The van der Waals surface area contributed by atoms with Gasteiger partial charge in [-0.3, -0.25) is 0 Å². The molecule has 0 aliphatic heterocycles. The molecule has 0 fully saturated rings. The normalized spacial score (nSPS) is 10.6. The molecule has 0 spiro atoms. The zero-order chi connectivity index (χ0) is 12.3. The lowest BCUT2D eigenvalue weighted by Gasteiger charge is -2.12. The van der Waals surface area contributed by atoms with Crippen molar-refractivity contribution in [1.29, 1.82) is 0 Å². The Kier molecular flexibility index (Phi) is 4.06. The van der Waals surface area contributed by atoms with Crippen LogP contribution in [0.2, 0.25) is 0 Å². The van der Waals surface area contributed by atoms with Gasteiger partial charge >= 0.3 is 12.6 Å². The third-order valence-electron chi connectivity index (χ3n) is 2.07. The molecule has 0 aliphatic carbocycles. The van der Waals surface area contributed by atoms with Crippen molar-refractivity contribution in [3.05, 3.63) is 28.8 Å². The number of hydrogen-bond donors (Lipinski definition) is 1. The van der Waals surface area contributed by atoms with Crippen LogP contribution in [-0.4, -0.2) is 17.7 Å². The van der Waals surface area contributed by atoms with Crippen LogP contribution in [0, 0.1) is 6.92 Å². The van der Waals surface area contributed by atoms with Crippen LogP contribution in [0.4, 0.5) is 8.78 Å². The maximum absolute atomic E-state index is 12.1. The Hall–Kier alpha value is -1.36. The van der Waals surface area contributed by atoms with E-state index in [-0.39, 0.29) is 17.2 Å². The number of carboxylic acid groups (broad SMARTS) is 1. The third kappa shape index (κ3) is 2.82. The first-order valence-electron chi connectivity index (χ1n) is 4.33. The average molecular weight is 251 g/mol. The van der Waals surface area contributed by atoms with Gasteiger partial charge in [-0.25, -0.2) is 4.79 Å². The number of benzene rings is 1. The van der Waals surface area contributed by atoms with E-state index < -0.39 is 12.6 Å². The Morgan fingerprint density at radius 1 is 1.56 bits per heavy atom. The van der Waals surface area contributed by atoms with E-state index in [0.29, 0.717) is 11.1 Å². The molecule has 0 aromatic heterocycles. The van der Waals surface area contributed by atoms with Crippen molar-refractivity contribution in [1.82, 2.24) is 0 Å². The van der Waals surface area contributed by atoms with Crippen molar-refractivity contribution in [2.24, 2.45) is 0 Å². The predicted octanol–water partition coefficient (Wildman–Crippen LogP) is 3.03. The summed E-state index contributed by atoms with van der Waals surface area (Å²) in [6.07, 6.45) is 0. The number of halogens is 3. The highest BCUT2D eigenvalue weighted by Gasteiger charge is 2.14. The monoisotopic (exact) mass is 250 g/mol. The van der Waals surface area contributed by atoms with Gasteiger partial charge in [0, 0.05) is 5.88 Å². The number of alkyl halides is 3. The fourth-order valence-electron chi connectivity index (χ4n) is 1.23. The quantitative estimate of drug-likeness (QED) is 0.836. The van der Waals surface area contributed by atoms with Gasteiger partial charge in [-0.2, -0.15) is 8.78 Å². The van der Waals surface area contributed by atoms with E-state index in [1.165, 1.54) is 6.07 Å². The number of carbonyl (C=O) groups is 1. The minimum atomic E-state index is -2.99. The Morgan fingerprint density at radius 3 is 2.62 bits per heavy atom. The summed E-state index contributed by atoms with van der Waals surface area (Å²) in [4.78, 5) is 10.7. The number of hydrogen-bond acceptors (Lipinski definition) is 2. The summed E-state index contributed by atoms with van der Waals surface area (Å²) in [7, 11) is 0. The van der Waals surface area contributed by atoms with Gasteiger partial charge in [0.05, 0.1) is 5.56 Å². The molecule has 0 aliphatic rings. The van der Waals surface area contributed by atoms with E-state index in [0.717, 1.165) is 6.07 Å². The SMILES string of the molecule is Cc1c(CCl)cc(C(=O)O)cc1OC(F)F. The summed E-state index contributed by atoms with van der Waals surface area (Å²) in [6.45, 7) is -1.45. The van der Waals surface area contributed by atoms with Crippen molar-refractivity contribution in [2.75, 3.05) is 0 Å². The van der Waals surface area contributed by atoms with Crippen molar-refractivity contribution >= 4 is 17.6 Å². The molecular weight excluding hydrogens is 242 g/mol. The molecule has 0 heterocycles. The van der Waals surface area contributed by atoms with Crippen molar-refractivity contribution in [3.8, 4) is 5.75 Å². The summed E-state index contributed by atoms with van der Waals surface area (Å²) >= 11 is 5.58. The second-order valence-corrected chi connectivity index (χ2v) is 3.34. The molecule has 6 heteroatoms. The standard InChI is InChI=1S/C10H9ClF2O3/c1-5-7(4-11)2-6(9(14)15)3-8(5)16-10(12)13/h2-3,10H,4H2,1H3,(H,14,15). The highest BCUT2D eigenvalue weighted by molar-refractivity contribution is 6.17. The van der Waals surface area contributed by atoms with Crippen LogP contribution >= 0.6 is 11.6 Å². The number of rotatable bonds is 4. The molecule has 1 rings (SSSR count). The number of carboxylic acids is 1. The summed E-state index contributed by atoms with van der Waals surface area (Å²) < 4.78 is 28.4. The zero-order valence-electron chi connectivity index (χ0n) is 8.34. The van der Waals surface area contributed by atoms with Crippen LogP contribution in [0.15, 0.2) is 12.1 Å². The molecule has 0 atom stereocenters. The van der Waals surface area contributed by atoms with E-state index in [1.807, 2.05) is 0 Å². The Balaban J connectivity index is 3.24. The van der Waals surface area contributed by atoms with Crippen LogP contribution in [0.1, 0.15) is 21.5 Å². The van der Waals surface area contributed by atoms with Gasteiger partial charge in [0.1, 0.15) is 5.75 Å². The summed E-state index contributed by atoms with van der Waals surface area (Å²) in [5, 5.41) is 8.77.